The summed E-state index contributed by atoms with van der Waals surface area (Å²) in [6.45, 7) is 3.74. The summed E-state index contributed by atoms with van der Waals surface area (Å²) < 4.78 is 28.8. The van der Waals surface area contributed by atoms with Crippen LogP contribution in [0, 0.1) is 13.8 Å². The van der Waals surface area contributed by atoms with E-state index in [9.17, 15) is 13.2 Å². The van der Waals surface area contributed by atoms with Gasteiger partial charge in [-0.3, -0.25) is 9.52 Å². The number of aryl methyl sites for hydroxylation is 1. The normalized spacial score (nSPS) is 11.2. The molecule has 2 N–H and O–H groups in total. The molecule has 0 saturated carbocycles. The van der Waals surface area contributed by atoms with Gasteiger partial charge in [0, 0.05) is 21.9 Å². The van der Waals surface area contributed by atoms with E-state index in [1.807, 2.05) is 62.4 Å². The molecule has 0 bridgehead atoms. The zero-order valence-electron chi connectivity index (χ0n) is 19.8. The quantitative estimate of drug-likeness (QED) is 0.232. The number of thioether (sulfide) groups is 1. The van der Waals surface area contributed by atoms with Crippen molar-refractivity contribution in [1.82, 2.24) is 0 Å². The van der Waals surface area contributed by atoms with E-state index in [0.29, 0.717) is 11.4 Å². The fraction of sp³-hybridized carbons (Fsp3) is 0.107. The summed E-state index contributed by atoms with van der Waals surface area (Å²) in [6.07, 6.45) is 0. The number of nitrogens with one attached hydrogen (secondary N) is 2. The molecule has 184 valence electrons. The van der Waals surface area contributed by atoms with Crippen LogP contribution in [-0.2, 0) is 15.8 Å². The van der Waals surface area contributed by atoms with Gasteiger partial charge in [-0.2, -0.15) is 0 Å². The molecule has 4 rings (SSSR count). The summed E-state index contributed by atoms with van der Waals surface area (Å²) in [5.74, 6) is 0.380. The smallest absolute Gasteiger partial charge is 0.263 e. The van der Waals surface area contributed by atoms with Crippen LogP contribution < -0.4 is 10.0 Å². The van der Waals surface area contributed by atoms with Gasteiger partial charge in [0.2, 0.25) is 0 Å². The Labute approximate surface area is 221 Å². The molecule has 0 aliphatic rings. The molecule has 0 aliphatic heterocycles. The van der Waals surface area contributed by atoms with Crippen molar-refractivity contribution in [3.8, 4) is 0 Å². The Bertz CT molecular complexity index is 1490. The molecule has 0 unspecified atom stereocenters. The highest BCUT2D eigenvalue weighted by molar-refractivity contribution is 7.98. The summed E-state index contributed by atoms with van der Waals surface area (Å²) in [5, 5.41) is 2.85. The molecule has 0 fully saturated rings. The first-order chi connectivity index (χ1) is 17.2. The van der Waals surface area contributed by atoms with E-state index in [-0.39, 0.29) is 15.5 Å². The van der Waals surface area contributed by atoms with Crippen LogP contribution in [0.5, 0.6) is 0 Å². The maximum absolute atomic E-state index is 13.1. The Morgan fingerprint density at radius 1 is 0.889 bits per heavy atom. The lowest BCUT2D eigenvalue weighted by Gasteiger charge is -2.14. The molecule has 36 heavy (non-hydrogen) atoms. The predicted molar refractivity (Wildman–Crippen MR) is 149 cm³/mol. The van der Waals surface area contributed by atoms with E-state index in [0.717, 1.165) is 22.4 Å². The Hall–Kier alpha value is -3.26. The van der Waals surface area contributed by atoms with Crippen LogP contribution in [0.3, 0.4) is 0 Å². The Morgan fingerprint density at radius 3 is 2.33 bits per heavy atom. The van der Waals surface area contributed by atoms with Crippen molar-refractivity contribution in [1.29, 1.82) is 0 Å². The SMILES string of the molecule is Cc1cccc(NS(=O)(=O)c2cc(C(=O)Nc3ccc(CSc4ccccc4)cc3)ccc2Cl)c1C. The van der Waals surface area contributed by atoms with Gasteiger partial charge in [-0.1, -0.05) is 54.1 Å². The minimum atomic E-state index is -4.01. The third-order valence-corrected chi connectivity index (χ3v) is 8.62. The summed E-state index contributed by atoms with van der Waals surface area (Å²) in [7, 11) is -4.01. The molecule has 8 heteroatoms. The van der Waals surface area contributed by atoms with Crippen LogP contribution in [0.1, 0.15) is 27.0 Å². The van der Waals surface area contributed by atoms with Crippen LogP contribution in [0.25, 0.3) is 0 Å². The molecule has 0 aliphatic carbocycles. The van der Waals surface area contributed by atoms with Crippen molar-refractivity contribution in [2.45, 2.75) is 29.4 Å². The number of rotatable bonds is 8. The monoisotopic (exact) mass is 536 g/mol. The lowest BCUT2D eigenvalue weighted by atomic mass is 10.1. The van der Waals surface area contributed by atoms with Gasteiger partial charge in [0.1, 0.15) is 4.90 Å². The maximum Gasteiger partial charge on any atom is 0.263 e. The van der Waals surface area contributed by atoms with Crippen LogP contribution in [0.15, 0.2) is 101 Å². The lowest BCUT2D eigenvalue weighted by molar-refractivity contribution is 0.102. The van der Waals surface area contributed by atoms with Gasteiger partial charge in [-0.15, -0.1) is 11.8 Å². The molecule has 0 aromatic heterocycles. The fourth-order valence-corrected chi connectivity index (χ4v) is 6.01. The molecule has 0 atom stereocenters. The predicted octanol–water partition coefficient (Wildman–Crippen LogP) is 7.30. The number of carbonyl (C=O) groups is 1. The molecule has 4 aromatic carbocycles. The van der Waals surface area contributed by atoms with Crippen molar-refractivity contribution < 1.29 is 13.2 Å². The summed E-state index contributed by atoms with van der Waals surface area (Å²) in [5.41, 5.74) is 4.16. The molecular weight excluding hydrogens is 512 g/mol. The number of benzene rings is 4. The van der Waals surface area contributed by atoms with E-state index in [1.165, 1.54) is 23.1 Å². The first-order valence-electron chi connectivity index (χ1n) is 11.2. The highest BCUT2D eigenvalue weighted by Gasteiger charge is 2.21. The summed E-state index contributed by atoms with van der Waals surface area (Å²) in [6, 6.07) is 27.3. The molecule has 0 spiro atoms. The molecule has 0 saturated heterocycles. The van der Waals surface area contributed by atoms with Gasteiger partial charge >= 0.3 is 0 Å². The van der Waals surface area contributed by atoms with E-state index in [1.54, 1.807) is 23.9 Å². The zero-order chi connectivity index (χ0) is 25.7. The van der Waals surface area contributed by atoms with Gasteiger partial charge in [0.15, 0.2) is 0 Å². The standard InChI is InChI=1S/C28H25ClN2O3S2/c1-19-7-6-10-26(20(19)2)31-36(33,34)27-17-22(13-16-25(27)29)28(32)30-23-14-11-21(12-15-23)18-35-24-8-4-3-5-9-24/h3-17,31H,18H2,1-2H3,(H,30,32). The second-order valence-electron chi connectivity index (χ2n) is 8.25. The van der Waals surface area contributed by atoms with E-state index in [4.69, 9.17) is 11.6 Å². The van der Waals surface area contributed by atoms with Crippen molar-refractivity contribution >= 4 is 50.7 Å². The van der Waals surface area contributed by atoms with Gasteiger partial charge in [-0.05, 0) is 79.1 Å². The molecule has 5 nitrogen and oxygen atoms in total. The Morgan fingerprint density at radius 2 is 1.61 bits per heavy atom. The van der Waals surface area contributed by atoms with E-state index < -0.39 is 15.9 Å². The number of hydrogen-bond acceptors (Lipinski definition) is 4. The number of hydrogen-bond donors (Lipinski definition) is 2. The second kappa shape index (κ2) is 11.2. The maximum atomic E-state index is 13.1. The first kappa shape index (κ1) is 25.8. The van der Waals surface area contributed by atoms with E-state index >= 15 is 0 Å². The molecule has 1 amide bonds. The number of amides is 1. The Kier molecular flexibility index (Phi) is 8.04. The molecule has 0 heterocycles. The lowest BCUT2D eigenvalue weighted by Crippen LogP contribution is -2.17. The fourth-order valence-electron chi connectivity index (χ4n) is 3.48. The van der Waals surface area contributed by atoms with Crippen molar-refractivity contribution in [2.24, 2.45) is 0 Å². The van der Waals surface area contributed by atoms with E-state index in [2.05, 4.69) is 22.2 Å². The highest BCUT2D eigenvalue weighted by Crippen LogP contribution is 2.28. The van der Waals surface area contributed by atoms with Crippen molar-refractivity contribution in [3.63, 3.8) is 0 Å². The molecule has 0 radical (unpaired) electrons. The van der Waals surface area contributed by atoms with Gasteiger partial charge in [0.25, 0.3) is 15.9 Å². The zero-order valence-corrected chi connectivity index (χ0v) is 22.2. The average Bonchev–Trinajstić information content (AvgIpc) is 2.87. The number of sulfonamides is 1. The summed E-state index contributed by atoms with van der Waals surface area (Å²) in [4.78, 5) is 13.9. The minimum Gasteiger partial charge on any atom is -0.322 e. The molecular formula is C28H25ClN2O3S2. The van der Waals surface area contributed by atoms with Crippen LogP contribution in [-0.4, -0.2) is 14.3 Å². The van der Waals surface area contributed by atoms with Gasteiger partial charge in [0.05, 0.1) is 10.7 Å². The molecule has 4 aromatic rings. The van der Waals surface area contributed by atoms with Crippen LogP contribution in [0.4, 0.5) is 11.4 Å². The third kappa shape index (κ3) is 6.29. The van der Waals surface area contributed by atoms with Crippen molar-refractivity contribution in [2.75, 3.05) is 10.0 Å². The van der Waals surface area contributed by atoms with Crippen LogP contribution in [0.2, 0.25) is 5.02 Å². The van der Waals surface area contributed by atoms with Gasteiger partial charge in [-0.25, -0.2) is 8.42 Å². The first-order valence-corrected chi connectivity index (χ1v) is 14.0. The van der Waals surface area contributed by atoms with Gasteiger partial charge < -0.3 is 5.32 Å². The number of halogens is 1. The van der Waals surface area contributed by atoms with Crippen LogP contribution >= 0.6 is 23.4 Å². The minimum absolute atomic E-state index is 0.0321. The van der Waals surface area contributed by atoms with Crippen molar-refractivity contribution in [3.05, 3.63) is 118 Å². The topological polar surface area (TPSA) is 75.3 Å². The average molecular weight is 537 g/mol. The summed E-state index contributed by atoms with van der Waals surface area (Å²) >= 11 is 7.96. The second-order valence-corrected chi connectivity index (χ2v) is 11.4. The largest absolute Gasteiger partial charge is 0.322 e. The third-order valence-electron chi connectivity index (χ3n) is 5.69. The Balaban J connectivity index is 1.46. The number of carbonyl (C=O) groups excluding carboxylic acids is 1. The number of anilines is 2. The highest BCUT2D eigenvalue weighted by atomic mass is 35.5.